The van der Waals surface area contributed by atoms with Crippen LogP contribution in [0.2, 0.25) is 0 Å². The maximum Gasteiger partial charge on any atom is 0.255 e. The van der Waals surface area contributed by atoms with Gasteiger partial charge in [-0.05, 0) is 39.8 Å². The van der Waals surface area contributed by atoms with E-state index in [2.05, 4.69) is 0 Å². The van der Waals surface area contributed by atoms with E-state index in [4.69, 9.17) is 4.74 Å². The number of ether oxygens (including phenoxy) is 1. The predicted molar refractivity (Wildman–Crippen MR) is 67.6 cm³/mol. The van der Waals surface area contributed by atoms with Crippen molar-refractivity contribution in [3.63, 3.8) is 0 Å². The van der Waals surface area contributed by atoms with E-state index in [0.717, 1.165) is 4.88 Å². The van der Waals surface area contributed by atoms with Gasteiger partial charge in [0.2, 0.25) is 0 Å². The van der Waals surface area contributed by atoms with E-state index in [0.29, 0.717) is 10.8 Å². The van der Waals surface area contributed by atoms with Gasteiger partial charge in [-0.15, -0.1) is 11.3 Å². The summed E-state index contributed by atoms with van der Waals surface area (Å²) in [7, 11) is -3.45. The van der Waals surface area contributed by atoms with Gasteiger partial charge in [-0.25, -0.2) is 8.42 Å². The first kappa shape index (κ1) is 13.0. The van der Waals surface area contributed by atoms with E-state index in [1.54, 1.807) is 13.0 Å². The van der Waals surface area contributed by atoms with Crippen LogP contribution in [-0.2, 0) is 14.8 Å². The lowest BCUT2D eigenvalue weighted by Crippen LogP contribution is -2.46. The molecule has 17 heavy (non-hydrogen) atoms. The molecule has 2 heterocycles. The summed E-state index contributed by atoms with van der Waals surface area (Å²) in [6.07, 6.45) is -0.405. The van der Waals surface area contributed by atoms with Gasteiger partial charge >= 0.3 is 0 Å². The van der Waals surface area contributed by atoms with Crippen LogP contribution in [0.15, 0.2) is 16.3 Å². The molecule has 0 N–H and O–H groups in total. The molecule has 0 amide bonds. The summed E-state index contributed by atoms with van der Waals surface area (Å²) >= 11 is 1.30. The van der Waals surface area contributed by atoms with Gasteiger partial charge in [0.15, 0.2) is 0 Å². The first-order chi connectivity index (χ1) is 7.75. The van der Waals surface area contributed by atoms with Crippen molar-refractivity contribution in [1.29, 1.82) is 0 Å². The van der Waals surface area contributed by atoms with Crippen molar-refractivity contribution in [3.05, 3.63) is 17.0 Å². The van der Waals surface area contributed by atoms with E-state index >= 15 is 0 Å². The van der Waals surface area contributed by atoms with Crippen LogP contribution in [0.3, 0.4) is 0 Å². The van der Waals surface area contributed by atoms with E-state index < -0.39 is 21.8 Å². The molecule has 0 bridgehead atoms. The van der Waals surface area contributed by atoms with Crippen LogP contribution in [0.1, 0.15) is 25.6 Å². The molecule has 1 aromatic rings. The fraction of sp³-hybridized carbons (Fsp3) is 0.636. The zero-order valence-corrected chi connectivity index (χ0v) is 12.1. The highest BCUT2D eigenvalue weighted by atomic mass is 32.2. The van der Waals surface area contributed by atoms with Crippen LogP contribution in [-0.4, -0.2) is 31.1 Å². The molecule has 0 spiro atoms. The Bertz CT molecular complexity index is 519. The minimum Gasteiger partial charge on any atom is -0.360 e. The first-order valence-corrected chi connectivity index (χ1v) is 7.73. The van der Waals surface area contributed by atoms with Crippen LogP contribution >= 0.6 is 11.3 Å². The molecule has 4 nitrogen and oxygen atoms in total. The van der Waals surface area contributed by atoms with Crippen molar-refractivity contribution < 1.29 is 13.2 Å². The third kappa shape index (κ3) is 2.14. The number of nitrogens with zero attached hydrogens (tertiary/aromatic N) is 1. The second-order valence-corrected chi connectivity index (χ2v) is 8.22. The summed E-state index contributed by atoms with van der Waals surface area (Å²) in [4.78, 5) is 0.995. The second kappa shape index (κ2) is 4.05. The van der Waals surface area contributed by atoms with Gasteiger partial charge in [0.05, 0.1) is 12.1 Å². The van der Waals surface area contributed by atoms with Gasteiger partial charge in [0.25, 0.3) is 10.0 Å². The Balaban J connectivity index is 2.45. The third-order valence-electron chi connectivity index (χ3n) is 2.83. The molecule has 1 saturated heterocycles. The minimum atomic E-state index is -3.45. The molecular weight excluding hydrogens is 258 g/mol. The minimum absolute atomic E-state index is 0.389. The monoisotopic (exact) mass is 275 g/mol. The van der Waals surface area contributed by atoms with Crippen LogP contribution in [0.5, 0.6) is 0 Å². The van der Waals surface area contributed by atoms with Gasteiger partial charge in [0.1, 0.15) is 10.4 Å². The number of hydrogen-bond acceptors (Lipinski definition) is 4. The van der Waals surface area contributed by atoms with Crippen molar-refractivity contribution in [1.82, 2.24) is 4.31 Å². The number of hydrogen-bond donors (Lipinski definition) is 0. The van der Waals surface area contributed by atoms with Crippen molar-refractivity contribution in [2.24, 2.45) is 0 Å². The third-order valence-corrected chi connectivity index (χ3v) is 6.46. The van der Waals surface area contributed by atoms with Gasteiger partial charge in [-0.3, -0.25) is 0 Å². The second-order valence-electron chi connectivity index (χ2n) is 4.89. The molecule has 1 unspecified atom stereocenters. The molecule has 1 aliphatic heterocycles. The molecule has 2 rings (SSSR count). The summed E-state index contributed by atoms with van der Waals surface area (Å²) in [6, 6.07) is 3.49. The lowest BCUT2D eigenvalue weighted by Gasteiger charge is -2.30. The highest BCUT2D eigenvalue weighted by Gasteiger charge is 2.46. The fourth-order valence-electron chi connectivity index (χ4n) is 2.12. The largest absolute Gasteiger partial charge is 0.360 e. The Morgan fingerprint density at radius 1 is 1.47 bits per heavy atom. The highest BCUT2D eigenvalue weighted by Crippen LogP contribution is 2.35. The summed E-state index contributed by atoms with van der Waals surface area (Å²) in [5.41, 5.74) is -0.490. The van der Waals surface area contributed by atoms with Gasteiger partial charge in [-0.1, -0.05) is 0 Å². The van der Waals surface area contributed by atoms with E-state index in [1.807, 2.05) is 26.8 Å². The van der Waals surface area contributed by atoms with Crippen LogP contribution in [0, 0.1) is 6.92 Å². The number of thiophene rings is 1. The molecule has 0 aromatic carbocycles. The number of aryl methyl sites for hydroxylation is 1. The average Bonchev–Trinajstić information content (AvgIpc) is 2.71. The van der Waals surface area contributed by atoms with Crippen LogP contribution < -0.4 is 0 Å². The standard InChI is InChI=1S/C11H17NO3S2/c1-8-5-6-10(16-8)17(13,14)12-9(2)15-7-11(12,3)4/h5-6,9H,7H2,1-4H3. The SMILES string of the molecule is Cc1ccc(S(=O)(=O)N2C(C)OCC2(C)C)s1. The molecule has 1 fully saturated rings. The molecule has 0 radical (unpaired) electrons. The molecule has 1 atom stereocenters. The van der Waals surface area contributed by atoms with Crippen molar-refractivity contribution in [2.45, 2.75) is 43.7 Å². The van der Waals surface area contributed by atoms with Crippen molar-refractivity contribution in [2.75, 3.05) is 6.61 Å². The lowest BCUT2D eigenvalue weighted by molar-refractivity contribution is 0.0844. The Labute approximate surface area is 106 Å². The van der Waals surface area contributed by atoms with Crippen molar-refractivity contribution in [3.8, 4) is 0 Å². The Morgan fingerprint density at radius 3 is 2.53 bits per heavy atom. The summed E-state index contributed by atoms with van der Waals surface area (Å²) in [6.45, 7) is 7.87. The predicted octanol–water partition coefficient (Wildman–Crippen LogP) is 2.20. The zero-order valence-electron chi connectivity index (χ0n) is 10.4. The number of rotatable bonds is 2. The molecule has 1 aliphatic rings. The smallest absolute Gasteiger partial charge is 0.255 e. The normalized spacial score (nSPS) is 25.3. The van der Waals surface area contributed by atoms with Crippen molar-refractivity contribution >= 4 is 21.4 Å². The van der Waals surface area contributed by atoms with Crippen LogP contribution in [0.4, 0.5) is 0 Å². The van der Waals surface area contributed by atoms with E-state index in [-0.39, 0.29) is 0 Å². The maximum atomic E-state index is 12.5. The summed E-state index contributed by atoms with van der Waals surface area (Å²) in [5, 5.41) is 0. The molecule has 0 saturated carbocycles. The highest BCUT2D eigenvalue weighted by molar-refractivity contribution is 7.91. The van der Waals surface area contributed by atoms with E-state index in [9.17, 15) is 8.42 Å². The lowest BCUT2D eigenvalue weighted by atomic mass is 10.1. The quantitative estimate of drug-likeness (QED) is 0.831. The number of sulfonamides is 1. The van der Waals surface area contributed by atoms with Gasteiger partial charge < -0.3 is 4.74 Å². The molecule has 0 aliphatic carbocycles. The molecule has 6 heteroatoms. The zero-order chi connectivity index (χ0) is 12.8. The summed E-state index contributed by atoms with van der Waals surface area (Å²) in [5.74, 6) is 0. The van der Waals surface area contributed by atoms with E-state index in [1.165, 1.54) is 15.6 Å². The van der Waals surface area contributed by atoms with Gasteiger partial charge in [-0.2, -0.15) is 4.31 Å². The molecular formula is C11H17NO3S2. The Morgan fingerprint density at radius 2 is 2.12 bits per heavy atom. The maximum absolute atomic E-state index is 12.5. The average molecular weight is 275 g/mol. The summed E-state index contributed by atoms with van der Waals surface area (Å²) < 4.78 is 32.4. The first-order valence-electron chi connectivity index (χ1n) is 5.48. The Kier molecular flexibility index (Phi) is 3.10. The fourth-order valence-corrected chi connectivity index (χ4v) is 5.35. The molecule has 96 valence electrons. The van der Waals surface area contributed by atoms with Gasteiger partial charge in [0, 0.05) is 4.88 Å². The molecule has 1 aromatic heterocycles. The Hall–Kier alpha value is -0.430. The topological polar surface area (TPSA) is 46.6 Å². The van der Waals surface area contributed by atoms with Crippen LogP contribution in [0.25, 0.3) is 0 Å².